The first kappa shape index (κ1) is 23.4. The first-order chi connectivity index (χ1) is 16.4. The van der Waals surface area contributed by atoms with Crippen LogP contribution in [0, 0.1) is 6.92 Å². The molecular weight excluding hydrogens is 422 g/mol. The van der Waals surface area contributed by atoms with Crippen molar-refractivity contribution in [1.82, 2.24) is 29.0 Å². The normalized spacial score (nSPS) is 12.2. The Bertz CT molecular complexity index is 1430. The molecule has 34 heavy (non-hydrogen) atoms. The number of hydrogen-bond donors (Lipinski definition) is 1. The van der Waals surface area contributed by atoms with Crippen LogP contribution in [-0.4, -0.2) is 43.1 Å². The number of benzene rings is 1. The molecule has 5 rings (SSSR count). The number of rotatable bonds is 5. The van der Waals surface area contributed by atoms with E-state index >= 15 is 0 Å². The molecule has 2 N–H and O–H groups in total. The zero-order valence-electron chi connectivity index (χ0n) is 20.8. The van der Waals surface area contributed by atoms with E-state index < -0.39 is 0 Å². The highest BCUT2D eigenvalue weighted by Crippen LogP contribution is 2.35. The maximum Gasteiger partial charge on any atom is 0.164 e. The van der Waals surface area contributed by atoms with Crippen molar-refractivity contribution in [1.29, 1.82) is 0 Å². The Hall–Kier alpha value is -3.71. The van der Waals surface area contributed by atoms with Crippen molar-refractivity contribution < 1.29 is 0 Å². The van der Waals surface area contributed by atoms with Gasteiger partial charge in [-0.3, -0.25) is 0 Å². The minimum absolute atomic E-state index is 0.0482. The van der Waals surface area contributed by atoms with Crippen molar-refractivity contribution in [2.75, 3.05) is 19.8 Å². The van der Waals surface area contributed by atoms with E-state index in [9.17, 15) is 0 Å². The van der Waals surface area contributed by atoms with E-state index in [0.717, 1.165) is 34.5 Å². The Labute approximate surface area is 200 Å². The van der Waals surface area contributed by atoms with Gasteiger partial charge in [-0.15, -0.1) is 0 Å². The zero-order valence-corrected chi connectivity index (χ0v) is 20.8. The predicted molar refractivity (Wildman–Crippen MR) is 140 cm³/mol. The smallest absolute Gasteiger partial charge is 0.164 e. The highest BCUT2D eigenvalue weighted by molar-refractivity contribution is 5.88. The molecule has 0 aliphatic carbocycles. The van der Waals surface area contributed by atoms with E-state index in [2.05, 4.69) is 95.0 Å². The first-order valence-electron chi connectivity index (χ1n) is 11.7. The van der Waals surface area contributed by atoms with Gasteiger partial charge in [-0.05, 0) is 63.3 Å². The molecule has 7 nitrogen and oxygen atoms in total. The third-order valence-electron chi connectivity index (χ3n) is 5.92. The van der Waals surface area contributed by atoms with Crippen LogP contribution in [0.1, 0.15) is 43.6 Å². The summed E-state index contributed by atoms with van der Waals surface area (Å²) in [5.74, 6) is 0.463. The summed E-state index contributed by atoms with van der Waals surface area (Å²) in [5, 5.41) is 5.62. The molecule has 0 saturated heterocycles. The summed E-state index contributed by atoms with van der Waals surface area (Å²) in [4.78, 5) is 10.8. The van der Waals surface area contributed by atoms with Gasteiger partial charge in [-0.2, -0.15) is 5.10 Å². The summed E-state index contributed by atoms with van der Waals surface area (Å²) in [7, 11) is 4.18. The first-order valence-corrected chi connectivity index (χ1v) is 11.7. The number of aromatic nitrogens is 5. The highest BCUT2D eigenvalue weighted by Gasteiger charge is 2.23. The topological polar surface area (TPSA) is 77.3 Å². The van der Waals surface area contributed by atoms with E-state index in [1.54, 1.807) is 0 Å². The molecule has 0 amide bonds. The van der Waals surface area contributed by atoms with E-state index in [1.165, 1.54) is 23.0 Å². The molecular formula is C27H33N7. The third-order valence-corrected chi connectivity index (χ3v) is 5.92. The summed E-state index contributed by atoms with van der Waals surface area (Å²) in [5.41, 5.74) is 13.7. The monoisotopic (exact) mass is 455 g/mol. The fourth-order valence-electron chi connectivity index (χ4n) is 4.52. The van der Waals surface area contributed by atoms with Crippen LogP contribution in [-0.2, 0) is 6.54 Å². The molecule has 1 atom stereocenters. The fourth-order valence-corrected chi connectivity index (χ4v) is 4.52. The molecule has 0 aliphatic rings. The summed E-state index contributed by atoms with van der Waals surface area (Å²) in [6, 6.07) is 17.2. The molecule has 176 valence electrons. The SMILES string of the molecule is CC.Cc1nn(C(C)c2cc3ccccn3c2-c2cccc(CN(C)C)c2)c2ncnc(N)c12. The average Bonchev–Trinajstić information content (AvgIpc) is 3.39. The number of fused-ring (bicyclic) bond motifs is 2. The quantitative estimate of drug-likeness (QED) is 0.387. The Morgan fingerprint density at radius 1 is 1.03 bits per heavy atom. The zero-order chi connectivity index (χ0) is 24.4. The van der Waals surface area contributed by atoms with Gasteiger partial charge in [0.2, 0.25) is 0 Å². The van der Waals surface area contributed by atoms with Crippen LogP contribution in [0.2, 0.25) is 0 Å². The summed E-state index contributed by atoms with van der Waals surface area (Å²) >= 11 is 0. The highest BCUT2D eigenvalue weighted by atomic mass is 15.3. The van der Waals surface area contributed by atoms with Crippen molar-refractivity contribution in [3.63, 3.8) is 0 Å². The van der Waals surface area contributed by atoms with Crippen LogP contribution >= 0.6 is 0 Å². The van der Waals surface area contributed by atoms with Crippen LogP contribution in [0.5, 0.6) is 0 Å². The molecule has 0 spiro atoms. The molecule has 5 aromatic rings. The molecule has 4 aromatic heterocycles. The summed E-state index contributed by atoms with van der Waals surface area (Å²) in [6.45, 7) is 9.00. The van der Waals surface area contributed by atoms with Gasteiger partial charge in [0, 0.05) is 23.8 Å². The van der Waals surface area contributed by atoms with E-state index in [0.29, 0.717) is 5.82 Å². The number of anilines is 1. The molecule has 1 aromatic carbocycles. The molecule has 0 aliphatic heterocycles. The molecule has 1 unspecified atom stereocenters. The second-order valence-electron chi connectivity index (χ2n) is 8.55. The lowest BCUT2D eigenvalue weighted by atomic mass is 10.0. The Morgan fingerprint density at radius 3 is 2.59 bits per heavy atom. The van der Waals surface area contributed by atoms with Gasteiger partial charge in [-0.1, -0.05) is 38.1 Å². The van der Waals surface area contributed by atoms with Crippen molar-refractivity contribution in [3.05, 3.63) is 77.9 Å². The molecule has 4 heterocycles. The molecule has 0 saturated carbocycles. The van der Waals surface area contributed by atoms with Crippen LogP contribution < -0.4 is 5.73 Å². The van der Waals surface area contributed by atoms with E-state index in [-0.39, 0.29) is 6.04 Å². The van der Waals surface area contributed by atoms with Crippen LogP contribution in [0.25, 0.3) is 27.8 Å². The largest absolute Gasteiger partial charge is 0.383 e. The second-order valence-corrected chi connectivity index (χ2v) is 8.55. The maximum absolute atomic E-state index is 6.14. The van der Waals surface area contributed by atoms with Gasteiger partial charge in [0.15, 0.2) is 5.65 Å². The minimum atomic E-state index is -0.0482. The van der Waals surface area contributed by atoms with Crippen LogP contribution in [0.4, 0.5) is 5.82 Å². The Morgan fingerprint density at radius 2 is 1.82 bits per heavy atom. The molecule has 0 fully saturated rings. The lowest BCUT2D eigenvalue weighted by molar-refractivity contribution is 0.402. The lowest BCUT2D eigenvalue weighted by Crippen LogP contribution is -2.11. The van der Waals surface area contributed by atoms with Crippen molar-refractivity contribution in [2.45, 2.75) is 40.3 Å². The van der Waals surface area contributed by atoms with Gasteiger partial charge < -0.3 is 15.0 Å². The standard InChI is InChI=1S/C25H27N7.C2H6/c1-16-22-24(26)27-15-28-25(22)32(29-16)17(2)21-13-20-10-5-6-11-31(20)23(21)19-9-7-8-18(12-19)14-30(3)4;1-2/h5-13,15,17H,14H2,1-4H3,(H2,26,27,28);1-2H3. The minimum Gasteiger partial charge on any atom is -0.383 e. The second kappa shape index (κ2) is 9.65. The number of nitrogen functional groups attached to an aromatic ring is 1. The van der Waals surface area contributed by atoms with Gasteiger partial charge in [0.05, 0.1) is 22.8 Å². The van der Waals surface area contributed by atoms with E-state index in [1.807, 2.05) is 25.5 Å². The van der Waals surface area contributed by atoms with Crippen molar-refractivity contribution in [3.8, 4) is 11.3 Å². The predicted octanol–water partition coefficient (Wildman–Crippen LogP) is 5.33. The fraction of sp³-hybridized carbons (Fsp3) is 0.296. The molecule has 7 heteroatoms. The summed E-state index contributed by atoms with van der Waals surface area (Å²) < 4.78 is 4.22. The van der Waals surface area contributed by atoms with Gasteiger partial charge >= 0.3 is 0 Å². The third kappa shape index (κ3) is 4.15. The van der Waals surface area contributed by atoms with Crippen molar-refractivity contribution in [2.24, 2.45) is 0 Å². The molecule has 0 bridgehead atoms. The van der Waals surface area contributed by atoms with Crippen LogP contribution in [0.3, 0.4) is 0 Å². The number of hydrogen-bond acceptors (Lipinski definition) is 5. The van der Waals surface area contributed by atoms with Gasteiger partial charge in [0.1, 0.15) is 12.1 Å². The summed E-state index contributed by atoms with van der Waals surface area (Å²) in [6.07, 6.45) is 3.62. The van der Waals surface area contributed by atoms with Gasteiger partial charge in [0.25, 0.3) is 0 Å². The Balaban J connectivity index is 0.00000133. The number of nitrogens with zero attached hydrogens (tertiary/aromatic N) is 6. The van der Waals surface area contributed by atoms with Crippen molar-refractivity contribution >= 4 is 22.4 Å². The number of nitrogens with two attached hydrogens (primary N) is 1. The number of pyridine rings is 1. The molecule has 0 radical (unpaired) electrons. The number of aryl methyl sites for hydroxylation is 1. The Kier molecular flexibility index (Phi) is 6.65. The van der Waals surface area contributed by atoms with E-state index in [4.69, 9.17) is 10.8 Å². The lowest BCUT2D eigenvalue weighted by Gasteiger charge is -2.16. The average molecular weight is 456 g/mol. The van der Waals surface area contributed by atoms with Gasteiger partial charge in [-0.25, -0.2) is 14.6 Å². The van der Waals surface area contributed by atoms with Crippen LogP contribution in [0.15, 0.2) is 61.1 Å². The maximum atomic E-state index is 6.14.